The molecule has 2 aromatic carbocycles. The van der Waals surface area contributed by atoms with Crippen molar-refractivity contribution in [3.8, 4) is 28.3 Å². The number of nitrogen functional groups attached to an aromatic ring is 2. The van der Waals surface area contributed by atoms with Crippen LogP contribution in [0.25, 0.3) is 22.6 Å². The van der Waals surface area contributed by atoms with Crippen molar-refractivity contribution in [2.24, 2.45) is 0 Å². The Kier molecular flexibility index (Phi) is 2.76. The Labute approximate surface area is 114 Å². The van der Waals surface area contributed by atoms with Crippen molar-refractivity contribution in [2.45, 2.75) is 0 Å². The Balaban J connectivity index is 2.22. The second kappa shape index (κ2) is 4.58. The van der Waals surface area contributed by atoms with Crippen molar-refractivity contribution in [2.75, 3.05) is 11.5 Å². The number of nitrogens with zero attached hydrogens (tertiary/aromatic N) is 2. The number of hydrogen-bond acceptors (Lipinski definition) is 6. The van der Waals surface area contributed by atoms with Crippen molar-refractivity contribution in [3.63, 3.8) is 0 Å². The molecule has 0 aliphatic rings. The van der Waals surface area contributed by atoms with E-state index in [1.807, 2.05) is 24.3 Å². The van der Waals surface area contributed by atoms with Crippen LogP contribution in [-0.2, 0) is 0 Å². The zero-order valence-electron chi connectivity index (χ0n) is 10.4. The third-order valence-corrected chi connectivity index (χ3v) is 2.96. The minimum Gasteiger partial charge on any atom is -0.505 e. The number of phenols is 1. The van der Waals surface area contributed by atoms with Crippen LogP contribution in [0.15, 0.2) is 46.9 Å². The van der Waals surface area contributed by atoms with Gasteiger partial charge >= 0.3 is 6.01 Å². The number of nitrogens with two attached hydrogens (primary N) is 2. The van der Waals surface area contributed by atoms with E-state index in [1.165, 1.54) is 0 Å². The third-order valence-electron chi connectivity index (χ3n) is 2.96. The highest BCUT2D eigenvalue weighted by atomic mass is 16.4. The Morgan fingerprint density at radius 3 is 2.25 bits per heavy atom. The minimum atomic E-state index is -0.00778. The Hall–Kier alpha value is -3.02. The molecule has 0 aliphatic heterocycles. The first-order valence-corrected chi connectivity index (χ1v) is 5.93. The van der Waals surface area contributed by atoms with Crippen molar-refractivity contribution in [3.05, 3.63) is 42.5 Å². The molecule has 5 N–H and O–H groups in total. The Bertz CT molecular complexity index is 767. The van der Waals surface area contributed by atoms with Gasteiger partial charge in [-0.05, 0) is 17.7 Å². The fraction of sp³-hybridized carbons (Fsp3) is 0. The molecule has 20 heavy (non-hydrogen) atoms. The second-order valence-corrected chi connectivity index (χ2v) is 4.23. The molecule has 0 saturated heterocycles. The van der Waals surface area contributed by atoms with E-state index in [1.54, 1.807) is 18.2 Å². The van der Waals surface area contributed by atoms with Crippen molar-refractivity contribution >= 4 is 11.7 Å². The van der Waals surface area contributed by atoms with Gasteiger partial charge < -0.3 is 21.0 Å². The first-order valence-electron chi connectivity index (χ1n) is 5.93. The summed E-state index contributed by atoms with van der Waals surface area (Å²) in [5, 5.41) is 17.6. The molecule has 1 aromatic heterocycles. The van der Waals surface area contributed by atoms with E-state index in [4.69, 9.17) is 15.9 Å². The van der Waals surface area contributed by atoms with Gasteiger partial charge in [0.25, 0.3) is 0 Å². The number of anilines is 2. The molecule has 0 aliphatic carbocycles. The number of rotatable bonds is 2. The van der Waals surface area contributed by atoms with Crippen LogP contribution in [0.1, 0.15) is 0 Å². The second-order valence-electron chi connectivity index (χ2n) is 4.23. The molecule has 0 atom stereocenters. The third kappa shape index (κ3) is 1.93. The van der Waals surface area contributed by atoms with Crippen molar-refractivity contribution < 1.29 is 9.52 Å². The summed E-state index contributed by atoms with van der Waals surface area (Å²) < 4.78 is 5.24. The van der Waals surface area contributed by atoms with E-state index < -0.39 is 0 Å². The summed E-state index contributed by atoms with van der Waals surface area (Å²) in [4.78, 5) is 0. The Morgan fingerprint density at radius 1 is 0.850 bits per heavy atom. The lowest BCUT2D eigenvalue weighted by molar-refractivity contribution is 0.480. The fourth-order valence-electron chi connectivity index (χ4n) is 2.03. The number of phenolic OH excluding ortho intramolecular Hbond substituents is 1. The molecular weight excluding hydrogens is 256 g/mol. The first kappa shape index (κ1) is 12.0. The molecule has 0 amide bonds. The summed E-state index contributed by atoms with van der Waals surface area (Å²) in [5.74, 6) is 0.312. The summed E-state index contributed by atoms with van der Waals surface area (Å²) in [7, 11) is 0. The quantitative estimate of drug-likeness (QED) is 0.485. The van der Waals surface area contributed by atoms with Gasteiger partial charge in [-0.25, -0.2) is 0 Å². The SMILES string of the molecule is Nc1nnc(-c2ccccc2-c2cccc(N)c2O)o1. The summed E-state index contributed by atoms with van der Waals surface area (Å²) >= 11 is 0. The van der Waals surface area contributed by atoms with Gasteiger partial charge in [-0.1, -0.05) is 35.4 Å². The lowest BCUT2D eigenvalue weighted by atomic mass is 9.98. The summed E-state index contributed by atoms with van der Waals surface area (Å²) in [6.07, 6.45) is 0. The van der Waals surface area contributed by atoms with Crippen LogP contribution in [-0.4, -0.2) is 15.3 Å². The monoisotopic (exact) mass is 268 g/mol. The van der Waals surface area contributed by atoms with Gasteiger partial charge in [0.2, 0.25) is 5.89 Å². The molecule has 3 rings (SSSR count). The Morgan fingerprint density at radius 2 is 1.55 bits per heavy atom. The maximum absolute atomic E-state index is 10.1. The van der Waals surface area contributed by atoms with Gasteiger partial charge in [0.05, 0.1) is 5.69 Å². The predicted molar refractivity (Wildman–Crippen MR) is 75.7 cm³/mol. The number of hydrogen-bond donors (Lipinski definition) is 3. The van der Waals surface area contributed by atoms with E-state index in [9.17, 15) is 5.11 Å². The van der Waals surface area contributed by atoms with Gasteiger partial charge in [-0.3, -0.25) is 0 Å². The maximum atomic E-state index is 10.1. The highest BCUT2D eigenvalue weighted by molar-refractivity contribution is 5.85. The van der Waals surface area contributed by atoms with Gasteiger partial charge in [0, 0.05) is 11.1 Å². The smallest absolute Gasteiger partial charge is 0.313 e. The fourth-order valence-corrected chi connectivity index (χ4v) is 2.03. The number of aromatic nitrogens is 2. The van der Waals surface area contributed by atoms with E-state index in [2.05, 4.69) is 10.2 Å². The number of benzene rings is 2. The normalized spacial score (nSPS) is 10.6. The van der Waals surface area contributed by atoms with E-state index >= 15 is 0 Å². The number of para-hydroxylation sites is 1. The average Bonchev–Trinajstić information content (AvgIpc) is 2.88. The highest BCUT2D eigenvalue weighted by Crippen LogP contribution is 2.38. The van der Waals surface area contributed by atoms with E-state index in [0.717, 1.165) is 5.56 Å². The summed E-state index contributed by atoms with van der Waals surface area (Å²) in [5.41, 5.74) is 13.5. The molecule has 6 nitrogen and oxygen atoms in total. The molecule has 0 bridgehead atoms. The minimum absolute atomic E-state index is 0.00778. The lowest BCUT2D eigenvalue weighted by Gasteiger charge is -2.09. The van der Waals surface area contributed by atoms with Gasteiger partial charge in [0.15, 0.2) is 0 Å². The average molecular weight is 268 g/mol. The lowest BCUT2D eigenvalue weighted by Crippen LogP contribution is -1.90. The molecule has 100 valence electrons. The topological polar surface area (TPSA) is 111 Å². The molecule has 6 heteroatoms. The van der Waals surface area contributed by atoms with Crippen LogP contribution < -0.4 is 11.5 Å². The summed E-state index contributed by atoms with van der Waals surface area (Å²) in [6, 6.07) is 12.5. The van der Waals surface area contributed by atoms with Crippen LogP contribution in [0, 0.1) is 0 Å². The molecule has 1 heterocycles. The van der Waals surface area contributed by atoms with Crippen LogP contribution in [0.3, 0.4) is 0 Å². The highest BCUT2D eigenvalue weighted by Gasteiger charge is 2.15. The molecule has 0 fully saturated rings. The van der Waals surface area contributed by atoms with Gasteiger partial charge in [-0.15, -0.1) is 5.10 Å². The standard InChI is InChI=1S/C14H12N4O2/c15-11-7-3-6-9(12(11)19)8-4-1-2-5-10(8)13-17-18-14(16)20-13/h1-7,19H,15H2,(H2,16,18). The predicted octanol–water partition coefficient (Wildman–Crippen LogP) is 2.27. The molecule has 0 unspecified atom stereocenters. The van der Waals surface area contributed by atoms with Crippen LogP contribution >= 0.6 is 0 Å². The molecular formula is C14H12N4O2. The zero-order chi connectivity index (χ0) is 14.1. The van der Waals surface area contributed by atoms with Crippen LogP contribution in [0.2, 0.25) is 0 Å². The van der Waals surface area contributed by atoms with Crippen molar-refractivity contribution in [1.82, 2.24) is 10.2 Å². The first-order chi connectivity index (χ1) is 9.66. The van der Waals surface area contributed by atoms with Crippen LogP contribution in [0.5, 0.6) is 5.75 Å². The molecule has 0 spiro atoms. The van der Waals surface area contributed by atoms with Gasteiger partial charge in [-0.2, -0.15) is 0 Å². The molecule has 0 radical (unpaired) electrons. The number of aromatic hydroxyl groups is 1. The van der Waals surface area contributed by atoms with E-state index in [0.29, 0.717) is 22.7 Å². The van der Waals surface area contributed by atoms with Crippen LogP contribution in [0.4, 0.5) is 11.7 Å². The summed E-state index contributed by atoms with van der Waals surface area (Å²) in [6.45, 7) is 0. The largest absolute Gasteiger partial charge is 0.505 e. The van der Waals surface area contributed by atoms with Gasteiger partial charge in [0.1, 0.15) is 5.75 Å². The maximum Gasteiger partial charge on any atom is 0.313 e. The zero-order valence-corrected chi connectivity index (χ0v) is 10.4. The molecule has 0 saturated carbocycles. The van der Waals surface area contributed by atoms with E-state index in [-0.39, 0.29) is 11.8 Å². The molecule has 3 aromatic rings. The van der Waals surface area contributed by atoms with Crippen molar-refractivity contribution in [1.29, 1.82) is 0 Å².